The lowest BCUT2D eigenvalue weighted by Crippen LogP contribution is -2.25. The summed E-state index contributed by atoms with van der Waals surface area (Å²) in [4.78, 5) is 12.4. The highest BCUT2D eigenvalue weighted by atomic mass is 35.5. The number of amides is 1. The molecular formula is C15H15ClF4N4O2. The van der Waals surface area contributed by atoms with Crippen molar-refractivity contribution in [1.29, 1.82) is 0 Å². The molecule has 2 heterocycles. The van der Waals surface area contributed by atoms with E-state index in [1.165, 1.54) is 0 Å². The molecule has 1 aromatic heterocycles. The molecule has 0 aliphatic carbocycles. The molecule has 1 aliphatic heterocycles. The number of nitrogens with zero attached hydrogens (tertiary/aromatic N) is 1. The van der Waals surface area contributed by atoms with Gasteiger partial charge in [0.25, 0.3) is 5.91 Å². The van der Waals surface area contributed by atoms with Crippen LogP contribution in [0.4, 0.5) is 23.2 Å². The van der Waals surface area contributed by atoms with Gasteiger partial charge in [0.1, 0.15) is 11.6 Å². The van der Waals surface area contributed by atoms with Crippen LogP contribution in [0, 0.1) is 5.82 Å². The van der Waals surface area contributed by atoms with E-state index in [2.05, 4.69) is 25.6 Å². The number of halogens is 5. The van der Waals surface area contributed by atoms with Gasteiger partial charge >= 0.3 is 6.18 Å². The molecule has 11 heteroatoms. The van der Waals surface area contributed by atoms with Gasteiger partial charge < -0.3 is 15.4 Å². The minimum Gasteiger partial charge on any atom is -0.482 e. The van der Waals surface area contributed by atoms with E-state index in [0.717, 1.165) is 30.4 Å². The first-order valence-corrected chi connectivity index (χ1v) is 7.41. The number of ether oxygens (including phenoxy) is 1. The highest BCUT2D eigenvalue weighted by Gasteiger charge is 2.29. The fraction of sp³-hybridized carbons (Fsp3) is 0.333. The Balaban J connectivity index is 0.00000243. The molecule has 0 bridgehead atoms. The van der Waals surface area contributed by atoms with Gasteiger partial charge in [-0.1, -0.05) is 0 Å². The van der Waals surface area contributed by atoms with E-state index in [9.17, 15) is 22.4 Å². The monoisotopic (exact) mass is 394 g/mol. The van der Waals surface area contributed by atoms with Crippen molar-refractivity contribution in [2.75, 3.05) is 18.5 Å². The van der Waals surface area contributed by atoms with Crippen molar-refractivity contribution in [3.05, 3.63) is 41.0 Å². The second-order valence-electron chi connectivity index (χ2n) is 5.45. The molecule has 1 aromatic carbocycles. The first kappa shape index (κ1) is 20.0. The van der Waals surface area contributed by atoms with Crippen LogP contribution in [-0.2, 0) is 13.0 Å². The van der Waals surface area contributed by atoms with Gasteiger partial charge in [0.2, 0.25) is 0 Å². The summed E-state index contributed by atoms with van der Waals surface area (Å²) in [7, 11) is 0. The summed E-state index contributed by atoms with van der Waals surface area (Å²) in [6, 6.07) is 2.93. The lowest BCUT2D eigenvalue weighted by Gasteiger charge is -2.15. The molecule has 1 aliphatic rings. The van der Waals surface area contributed by atoms with E-state index >= 15 is 0 Å². The van der Waals surface area contributed by atoms with Crippen molar-refractivity contribution in [3.8, 4) is 5.75 Å². The maximum atomic E-state index is 13.3. The number of alkyl halides is 3. The van der Waals surface area contributed by atoms with Crippen LogP contribution in [0.5, 0.6) is 5.75 Å². The van der Waals surface area contributed by atoms with Crippen molar-refractivity contribution in [2.45, 2.75) is 19.1 Å². The maximum Gasteiger partial charge on any atom is 0.422 e. The Morgan fingerprint density at radius 3 is 2.85 bits per heavy atom. The zero-order valence-corrected chi connectivity index (χ0v) is 14.1. The first-order chi connectivity index (χ1) is 11.8. The second-order valence-corrected chi connectivity index (χ2v) is 5.45. The number of benzene rings is 1. The van der Waals surface area contributed by atoms with Crippen molar-refractivity contribution in [3.63, 3.8) is 0 Å². The number of anilines is 1. The molecule has 0 fully saturated rings. The summed E-state index contributed by atoms with van der Waals surface area (Å²) in [6.07, 6.45) is -3.90. The van der Waals surface area contributed by atoms with Crippen molar-refractivity contribution >= 4 is 24.0 Å². The topological polar surface area (TPSA) is 79.0 Å². The Morgan fingerprint density at radius 1 is 1.35 bits per heavy atom. The third kappa shape index (κ3) is 4.64. The summed E-state index contributed by atoms with van der Waals surface area (Å²) in [6.45, 7) is -0.389. The number of aromatic nitrogens is 2. The van der Waals surface area contributed by atoms with Gasteiger partial charge in [-0.15, -0.1) is 12.4 Å². The number of hydrogen-bond acceptors (Lipinski definition) is 4. The van der Waals surface area contributed by atoms with Gasteiger partial charge in [0.05, 0.1) is 5.69 Å². The summed E-state index contributed by atoms with van der Waals surface area (Å²) < 4.78 is 54.9. The number of aromatic amines is 1. The Hall–Kier alpha value is -2.33. The molecule has 142 valence electrons. The molecule has 0 saturated heterocycles. The van der Waals surface area contributed by atoms with Crippen LogP contribution in [0.3, 0.4) is 0 Å². The quantitative estimate of drug-likeness (QED) is 0.697. The zero-order valence-electron chi connectivity index (χ0n) is 13.2. The lowest BCUT2D eigenvalue weighted by atomic mass is 10.1. The minimum atomic E-state index is -4.58. The van der Waals surface area contributed by atoms with E-state index in [-0.39, 0.29) is 23.8 Å². The Bertz CT molecular complexity index is 794. The van der Waals surface area contributed by atoms with Crippen LogP contribution in [-0.4, -0.2) is 35.4 Å². The zero-order chi connectivity index (χ0) is 18.0. The molecule has 0 atom stereocenters. The van der Waals surface area contributed by atoms with Gasteiger partial charge in [-0.2, -0.15) is 18.3 Å². The maximum absolute atomic E-state index is 13.3. The number of fused-ring (bicyclic) bond motifs is 1. The van der Waals surface area contributed by atoms with E-state index in [4.69, 9.17) is 0 Å². The number of nitrogens with one attached hydrogen (secondary N) is 3. The van der Waals surface area contributed by atoms with E-state index < -0.39 is 30.3 Å². The van der Waals surface area contributed by atoms with Crippen LogP contribution >= 0.6 is 12.4 Å². The van der Waals surface area contributed by atoms with Crippen LogP contribution in [0.2, 0.25) is 0 Å². The smallest absolute Gasteiger partial charge is 0.422 e. The summed E-state index contributed by atoms with van der Waals surface area (Å²) in [5, 5.41) is 12.2. The third-order valence-corrected chi connectivity index (χ3v) is 3.60. The molecule has 26 heavy (non-hydrogen) atoms. The summed E-state index contributed by atoms with van der Waals surface area (Å²) >= 11 is 0. The third-order valence-electron chi connectivity index (χ3n) is 3.60. The highest BCUT2D eigenvalue weighted by molar-refractivity contribution is 6.04. The fourth-order valence-corrected chi connectivity index (χ4v) is 2.47. The molecule has 3 N–H and O–H groups in total. The van der Waals surface area contributed by atoms with E-state index in [0.29, 0.717) is 18.5 Å². The van der Waals surface area contributed by atoms with Crippen molar-refractivity contribution in [1.82, 2.24) is 15.5 Å². The molecule has 2 aromatic rings. The van der Waals surface area contributed by atoms with E-state index in [1.807, 2.05) is 0 Å². The second kappa shape index (κ2) is 7.92. The van der Waals surface area contributed by atoms with Gasteiger partial charge in [0.15, 0.2) is 12.3 Å². The Kier molecular flexibility index (Phi) is 6.09. The normalized spacial score (nSPS) is 13.5. The van der Waals surface area contributed by atoms with Gasteiger partial charge in [-0.05, 0) is 12.1 Å². The Morgan fingerprint density at radius 2 is 2.12 bits per heavy atom. The summed E-state index contributed by atoms with van der Waals surface area (Å²) in [5.41, 5.74) is 1.59. The molecule has 0 unspecified atom stereocenters. The van der Waals surface area contributed by atoms with Gasteiger partial charge in [0, 0.05) is 36.8 Å². The highest BCUT2D eigenvalue weighted by Crippen LogP contribution is 2.28. The van der Waals surface area contributed by atoms with Crippen LogP contribution < -0.4 is 15.4 Å². The van der Waals surface area contributed by atoms with E-state index in [1.54, 1.807) is 0 Å². The SMILES string of the molecule is Cl.O=C(Nc1ccc(F)cc1OCC(F)(F)F)c1n[nH]c2c1CNCC2. The Labute approximate surface area is 151 Å². The number of hydrogen-bond donors (Lipinski definition) is 3. The molecular weight excluding hydrogens is 380 g/mol. The fourth-order valence-electron chi connectivity index (χ4n) is 2.47. The predicted molar refractivity (Wildman–Crippen MR) is 87.1 cm³/mol. The average molecular weight is 395 g/mol. The van der Waals surface area contributed by atoms with Gasteiger partial charge in [-0.25, -0.2) is 4.39 Å². The van der Waals surface area contributed by atoms with Crippen molar-refractivity contribution in [2.24, 2.45) is 0 Å². The largest absolute Gasteiger partial charge is 0.482 e. The molecule has 0 spiro atoms. The summed E-state index contributed by atoms with van der Waals surface area (Å²) in [5.74, 6) is -1.81. The molecule has 1 amide bonds. The average Bonchev–Trinajstić information content (AvgIpc) is 2.98. The molecule has 0 radical (unpaired) electrons. The standard InChI is InChI=1S/C15H14F4N4O2.ClH/c16-8-1-2-11(12(5-8)25-7-15(17,18)19)21-14(24)13-9-6-20-4-3-10(9)22-23-13;/h1-2,5,20H,3-4,6-7H2,(H,21,24)(H,22,23);1H. The molecule has 3 rings (SSSR count). The van der Waals surface area contributed by atoms with Gasteiger partial charge in [-0.3, -0.25) is 9.89 Å². The van der Waals surface area contributed by atoms with Crippen LogP contribution in [0.15, 0.2) is 18.2 Å². The number of rotatable bonds is 4. The van der Waals surface area contributed by atoms with Crippen molar-refractivity contribution < 1.29 is 27.1 Å². The minimum absolute atomic E-state index is 0. The number of carbonyl (C=O) groups is 1. The molecule has 6 nitrogen and oxygen atoms in total. The van der Waals surface area contributed by atoms with Crippen LogP contribution in [0.25, 0.3) is 0 Å². The number of carbonyl (C=O) groups excluding carboxylic acids is 1. The lowest BCUT2D eigenvalue weighted by molar-refractivity contribution is -0.153. The first-order valence-electron chi connectivity index (χ1n) is 7.41. The molecule has 0 saturated carbocycles. The number of H-pyrrole nitrogens is 1. The predicted octanol–water partition coefficient (Wildman–Crippen LogP) is 2.81. The van der Waals surface area contributed by atoms with Crippen LogP contribution in [0.1, 0.15) is 21.7 Å².